The van der Waals surface area contributed by atoms with E-state index in [1.165, 1.54) is 10.4 Å². The molecule has 2 atom stereocenters. The maximum absolute atomic E-state index is 13.0. The van der Waals surface area contributed by atoms with Crippen molar-refractivity contribution >= 4 is 44.0 Å². The van der Waals surface area contributed by atoms with Crippen molar-refractivity contribution in [1.82, 2.24) is 14.9 Å². The van der Waals surface area contributed by atoms with E-state index in [1.807, 2.05) is 38.7 Å². The van der Waals surface area contributed by atoms with Crippen LogP contribution in [-0.2, 0) is 11.2 Å². The van der Waals surface area contributed by atoms with Crippen LogP contribution >= 0.6 is 22.7 Å². The lowest BCUT2D eigenvalue weighted by Crippen LogP contribution is -2.46. The maximum atomic E-state index is 13.0. The van der Waals surface area contributed by atoms with Crippen LogP contribution in [0.5, 0.6) is 0 Å². The van der Waals surface area contributed by atoms with Crippen LogP contribution in [0.25, 0.3) is 20.8 Å². The fourth-order valence-corrected chi connectivity index (χ4v) is 6.41. The molecule has 0 fully saturated rings. The van der Waals surface area contributed by atoms with Gasteiger partial charge in [-0.15, -0.1) is 22.7 Å². The van der Waals surface area contributed by atoms with Gasteiger partial charge in [-0.05, 0) is 59.6 Å². The molecule has 0 spiro atoms. The molecule has 0 radical (unpaired) electrons. The summed E-state index contributed by atoms with van der Waals surface area (Å²) in [5.41, 5.74) is 3.61. The van der Waals surface area contributed by atoms with Gasteiger partial charge in [0.15, 0.2) is 0 Å². The number of hydrogen-bond acceptors (Lipinski definition) is 7. The quantitative estimate of drug-likeness (QED) is 0.480. The Morgan fingerprint density at radius 1 is 1.32 bits per heavy atom. The molecule has 0 bridgehead atoms. The lowest BCUT2D eigenvalue weighted by molar-refractivity contribution is 0.00638. The van der Waals surface area contributed by atoms with Gasteiger partial charge in [0.1, 0.15) is 21.1 Å². The van der Waals surface area contributed by atoms with Crippen molar-refractivity contribution in [2.75, 3.05) is 5.32 Å². The Balaban J connectivity index is 1.81. The number of nitrogens with one attached hydrogen (secondary N) is 1. The second-order valence-electron chi connectivity index (χ2n) is 9.03. The highest BCUT2D eigenvalue weighted by atomic mass is 32.1. The van der Waals surface area contributed by atoms with Gasteiger partial charge in [-0.3, -0.25) is 9.88 Å². The average molecular weight is 457 g/mol. The number of nitrogens with zero attached hydrogens (tertiary/aromatic N) is 3. The number of fused-ring (bicyclic) bond motifs is 2. The molecule has 0 saturated heterocycles. The van der Waals surface area contributed by atoms with E-state index in [0.29, 0.717) is 0 Å². The molecule has 0 aromatic carbocycles. The van der Waals surface area contributed by atoms with E-state index in [1.54, 1.807) is 35.1 Å². The number of amides is 1. The first-order valence-electron chi connectivity index (χ1n) is 10.4. The predicted octanol–water partition coefficient (Wildman–Crippen LogP) is 6.61. The molecule has 1 amide bonds. The van der Waals surface area contributed by atoms with Crippen molar-refractivity contribution in [2.45, 2.75) is 65.6 Å². The molecule has 0 aliphatic carbocycles. The largest absolute Gasteiger partial charge is 0.444 e. The van der Waals surface area contributed by atoms with E-state index in [9.17, 15) is 4.79 Å². The molecular weight excluding hydrogens is 428 g/mol. The van der Waals surface area contributed by atoms with Gasteiger partial charge in [-0.1, -0.05) is 6.58 Å². The zero-order valence-electron chi connectivity index (χ0n) is 18.8. The van der Waals surface area contributed by atoms with Crippen LogP contribution < -0.4 is 5.32 Å². The first-order valence-corrected chi connectivity index (χ1v) is 12.0. The van der Waals surface area contributed by atoms with Gasteiger partial charge in [0.25, 0.3) is 0 Å². The van der Waals surface area contributed by atoms with Gasteiger partial charge in [0.05, 0.1) is 16.9 Å². The third-order valence-corrected chi connectivity index (χ3v) is 7.52. The summed E-state index contributed by atoms with van der Waals surface area (Å²) in [6.07, 6.45) is 4.07. The highest BCUT2D eigenvalue weighted by Gasteiger charge is 2.39. The number of anilines is 1. The van der Waals surface area contributed by atoms with Gasteiger partial charge < -0.3 is 10.1 Å². The molecule has 3 aromatic rings. The minimum Gasteiger partial charge on any atom is -0.444 e. The summed E-state index contributed by atoms with van der Waals surface area (Å²) in [5, 5.41) is 5.42. The number of carbonyl (C=O) groups excluding carboxylic acids is 1. The number of allylic oxidation sites excluding steroid dienone is 1. The Bertz CT molecular complexity index is 1130. The molecule has 1 aliphatic rings. The molecule has 0 unspecified atom stereocenters. The van der Waals surface area contributed by atoms with E-state index in [-0.39, 0.29) is 18.2 Å². The Labute approximate surface area is 191 Å². The average Bonchev–Trinajstić information content (AvgIpc) is 3.20. The summed E-state index contributed by atoms with van der Waals surface area (Å²) in [6, 6.07) is 1.92. The molecule has 3 aromatic heterocycles. The third-order valence-electron chi connectivity index (χ3n) is 5.14. The molecule has 6 nitrogen and oxygen atoms in total. The SMILES string of the molecule is C=C(C)Nc1sc2c(c1-c1nc3cnccc3s1)C[C@H](C)N(C(=O)OC(C)(C)C)[C@H]2C. The van der Waals surface area contributed by atoms with E-state index in [0.717, 1.165) is 37.9 Å². The molecule has 164 valence electrons. The lowest BCUT2D eigenvalue weighted by atomic mass is 9.93. The fourth-order valence-electron chi connectivity index (χ4n) is 3.97. The number of ether oxygens (including phenoxy) is 1. The maximum Gasteiger partial charge on any atom is 0.411 e. The number of carbonyl (C=O) groups is 1. The summed E-state index contributed by atoms with van der Waals surface area (Å²) in [7, 11) is 0. The van der Waals surface area contributed by atoms with Crippen LogP contribution in [0.4, 0.5) is 9.80 Å². The highest BCUT2D eigenvalue weighted by molar-refractivity contribution is 7.22. The van der Waals surface area contributed by atoms with Crippen LogP contribution in [0.3, 0.4) is 0 Å². The summed E-state index contributed by atoms with van der Waals surface area (Å²) in [5.74, 6) is 0. The molecule has 0 saturated carbocycles. The van der Waals surface area contributed by atoms with Gasteiger partial charge >= 0.3 is 6.09 Å². The number of thiazole rings is 1. The Morgan fingerprint density at radius 3 is 2.71 bits per heavy atom. The van der Waals surface area contributed by atoms with Gasteiger partial charge in [0, 0.05) is 28.4 Å². The molecule has 4 rings (SSSR count). The zero-order chi connectivity index (χ0) is 22.5. The van der Waals surface area contributed by atoms with Crippen LogP contribution in [0.15, 0.2) is 30.7 Å². The van der Waals surface area contributed by atoms with Gasteiger partial charge in [-0.2, -0.15) is 0 Å². The monoisotopic (exact) mass is 456 g/mol. The summed E-state index contributed by atoms with van der Waals surface area (Å²) >= 11 is 3.34. The smallest absolute Gasteiger partial charge is 0.411 e. The van der Waals surface area contributed by atoms with E-state index < -0.39 is 5.60 Å². The molecule has 31 heavy (non-hydrogen) atoms. The van der Waals surface area contributed by atoms with Crippen molar-refractivity contribution in [3.05, 3.63) is 41.2 Å². The van der Waals surface area contributed by atoms with E-state index >= 15 is 0 Å². The second kappa shape index (κ2) is 7.91. The molecule has 1 N–H and O–H groups in total. The van der Waals surface area contributed by atoms with Crippen LogP contribution in [0.1, 0.15) is 58.0 Å². The molecule has 4 heterocycles. The Hall–Kier alpha value is -2.45. The van der Waals surface area contributed by atoms with Crippen LogP contribution in [0.2, 0.25) is 0 Å². The first kappa shape index (κ1) is 21.8. The number of pyridine rings is 1. The Kier molecular flexibility index (Phi) is 5.55. The van der Waals surface area contributed by atoms with Crippen molar-refractivity contribution in [1.29, 1.82) is 0 Å². The van der Waals surface area contributed by atoms with Crippen LogP contribution in [-0.4, -0.2) is 32.6 Å². The number of hydrogen-bond donors (Lipinski definition) is 1. The van der Waals surface area contributed by atoms with Crippen molar-refractivity contribution in [3.63, 3.8) is 0 Å². The number of rotatable bonds is 3. The standard InChI is InChI=1S/C23H28N4O2S2/c1-12(2)25-20-18(21-26-16-11-24-9-8-17(16)30-21)15-10-13(3)27(14(4)19(15)31-20)22(28)29-23(5,6)7/h8-9,11,13-14,25H,1,10H2,2-7H3/t13-,14-/m0/s1. The van der Waals surface area contributed by atoms with Crippen molar-refractivity contribution in [2.24, 2.45) is 0 Å². The molecule has 8 heteroatoms. The summed E-state index contributed by atoms with van der Waals surface area (Å²) < 4.78 is 6.81. The normalized spacial score (nSPS) is 18.7. The number of aromatic nitrogens is 2. The van der Waals surface area contributed by atoms with Crippen LogP contribution in [0, 0.1) is 0 Å². The fraction of sp³-hybridized carbons (Fsp3) is 0.435. The van der Waals surface area contributed by atoms with Gasteiger partial charge in [-0.25, -0.2) is 9.78 Å². The van der Waals surface area contributed by atoms with E-state index in [4.69, 9.17) is 9.72 Å². The molecular formula is C23H28N4O2S2. The predicted molar refractivity (Wildman–Crippen MR) is 129 cm³/mol. The van der Waals surface area contributed by atoms with E-state index in [2.05, 4.69) is 30.7 Å². The Morgan fingerprint density at radius 2 is 2.06 bits per heavy atom. The third kappa shape index (κ3) is 4.19. The molecule has 1 aliphatic heterocycles. The topological polar surface area (TPSA) is 67.4 Å². The van der Waals surface area contributed by atoms with Crippen molar-refractivity contribution in [3.8, 4) is 10.6 Å². The minimum atomic E-state index is -0.529. The minimum absolute atomic E-state index is 0.0134. The summed E-state index contributed by atoms with van der Waals surface area (Å²) in [4.78, 5) is 25.1. The second-order valence-corrected chi connectivity index (χ2v) is 11.1. The highest BCUT2D eigenvalue weighted by Crippen LogP contribution is 2.50. The summed E-state index contributed by atoms with van der Waals surface area (Å²) in [6.45, 7) is 15.8. The van der Waals surface area contributed by atoms with Crippen molar-refractivity contribution < 1.29 is 9.53 Å². The number of thiophene rings is 1. The zero-order valence-corrected chi connectivity index (χ0v) is 20.4. The lowest BCUT2D eigenvalue weighted by Gasteiger charge is -2.39. The first-order chi connectivity index (χ1) is 14.5. The van der Waals surface area contributed by atoms with Gasteiger partial charge in [0.2, 0.25) is 0 Å².